The molecule has 1 fully saturated rings. The van der Waals surface area contributed by atoms with Crippen molar-refractivity contribution >= 4 is 33.8 Å². The van der Waals surface area contributed by atoms with Crippen LogP contribution >= 0.6 is 11.3 Å². The lowest BCUT2D eigenvalue weighted by Crippen LogP contribution is -2.42. The van der Waals surface area contributed by atoms with E-state index in [9.17, 15) is 18.0 Å². The van der Waals surface area contributed by atoms with Crippen molar-refractivity contribution in [1.29, 1.82) is 0 Å². The second kappa shape index (κ2) is 8.49. The number of nitrogens with zero attached hydrogens (tertiary/aromatic N) is 2. The lowest BCUT2D eigenvalue weighted by molar-refractivity contribution is -0.140. The molecular weight excluding hydrogens is 423 g/mol. The molecule has 1 saturated carbocycles. The van der Waals surface area contributed by atoms with Gasteiger partial charge >= 0.3 is 6.18 Å². The van der Waals surface area contributed by atoms with E-state index in [1.54, 1.807) is 12.1 Å². The molecule has 31 heavy (non-hydrogen) atoms. The Hall–Kier alpha value is -2.61. The van der Waals surface area contributed by atoms with Crippen LogP contribution in [-0.4, -0.2) is 30.0 Å². The molecule has 0 saturated heterocycles. The minimum Gasteiger partial charge on any atom is -0.371 e. The number of thiophene rings is 1. The van der Waals surface area contributed by atoms with E-state index in [0.717, 1.165) is 37.3 Å². The zero-order valence-electron chi connectivity index (χ0n) is 17.4. The number of hydrogen-bond donors (Lipinski definition) is 1. The van der Waals surface area contributed by atoms with E-state index in [-0.39, 0.29) is 18.0 Å². The van der Waals surface area contributed by atoms with Crippen LogP contribution in [-0.2, 0) is 6.18 Å². The third-order valence-electron chi connectivity index (χ3n) is 5.90. The Morgan fingerprint density at radius 1 is 1.16 bits per heavy atom. The summed E-state index contributed by atoms with van der Waals surface area (Å²) in [5.41, 5.74) is 1.08. The van der Waals surface area contributed by atoms with Gasteiger partial charge in [0.25, 0.3) is 5.91 Å². The Kier molecular flexibility index (Phi) is 5.92. The number of carbonyl (C=O) groups is 1. The maximum absolute atomic E-state index is 13.4. The maximum Gasteiger partial charge on any atom is 0.433 e. The summed E-state index contributed by atoms with van der Waals surface area (Å²) in [7, 11) is 1.85. The van der Waals surface area contributed by atoms with E-state index in [1.165, 1.54) is 11.3 Å². The highest BCUT2D eigenvalue weighted by Crippen LogP contribution is 2.36. The fraction of sp³-hybridized carbons (Fsp3) is 0.391. The lowest BCUT2D eigenvalue weighted by Gasteiger charge is -2.36. The standard InChI is InChI=1S/C23H24F3N3OS/c1-14-11-20(31-13-14)22(30)27-15-7-9-16(10-8-15)29(2)19-12-21(23(24,25)26)28-18-6-4-3-5-17(18)19/h3-6,11-13,15-16H,7-10H2,1-2H3,(H,27,30)/t15-,16+. The summed E-state index contributed by atoms with van der Waals surface area (Å²) < 4.78 is 40.2. The van der Waals surface area contributed by atoms with Gasteiger partial charge in [-0.1, -0.05) is 18.2 Å². The molecule has 1 N–H and O–H groups in total. The summed E-state index contributed by atoms with van der Waals surface area (Å²) in [6, 6.07) is 10.1. The molecule has 0 aliphatic heterocycles. The topological polar surface area (TPSA) is 45.2 Å². The van der Waals surface area contributed by atoms with E-state index >= 15 is 0 Å². The molecule has 2 aromatic heterocycles. The predicted octanol–water partition coefficient (Wildman–Crippen LogP) is 5.80. The number of fused-ring (bicyclic) bond motifs is 1. The van der Waals surface area contributed by atoms with Crippen LogP contribution in [0.3, 0.4) is 0 Å². The highest BCUT2D eigenvalue weighted by Gasteiger charge is 2.34. The summed E-state index contributed by atoms with van der Waals surface area (Å²) in [5.74, 6) is -0.0511. The van der Waals surface area contributed by atoms with E-state index < -0.39 is 11.9 Å². The number of pyridine rings is 1. The van der Waals surface area contributed by atoms with E-state index in [2.05, 4.69) is 10.3 Å². The number of aromatic nitrogens is 1. The van der Waals surface area contributed by atoms with Crippen LogP contribution in [0.5, 0.6) is 0 Å². The molecule has 0 spiro atoms. The molecule has 0 radical (unpaired) electrons. The van der Waals surface area contributed by atoms with Crippen LogP contribution < -0.4 is 10.2 Å². The summed E-state index contributed by atoms with van der Waals surface area (Å²) in [6.07, 6.45) is -1.33. The van der Waals surface area contributed by atoms with Crippen LogP contribution in [0.4, 0.5) is 18.9 Å². The first-order valence-corrected chi connectivity index (χ1v) is 11.2. The van der Waals surface area contributed by atoms with Gasteiger partial charge in [0.2, 0.25) is 0 Å². The maximum atomic E-state index is 13.4. The van der Waals surface area contributed by atoms with Gasteiger partial charge in [0.1, 0.15) is 5.69 Å². The molecule has 8 heteroatoms. The number of para-hydroxylation sites is 1. The van der Waals surface area contributed by atoms with E-state index in [4.69, 9.17) is 0 Å². The van der Waals surface area contributed by atoms with Crippen LogP contribution in [0.2, 0.25) is 0 Å². The number of amides is 1. The number of aryl methyl sites for hydroxylation is 1. The summed E-state index contributed by atoms with van der Waals surface area (Å²) in [4.78, 5) is 18.9. The van der Waals surface area contributed by atoms with Crippen molar-refractivity contribution in [3.8, 4) is 0 Å². The van der Waals surface area contributed by atoms with E-state index in [1.807, 2.05) is 42.5 Å². The molecule has 164 valence electrons. The first kappa shape index (κ1) is 21.6. The van der Waals surface area contributed by atoms with Gasteiger partial charge in [-0.2, -0.15) is 13.2 Å². The van der Waals surface area contributed by atoms with Gasteiger partial charge in [-0.25, -0.2) is 4.98 Å². The number of benzene rings is 1. The molecule has 2 heterocycles. The molecule has 0 atom stereocenters. The van der Waals surface area contributed by atoms with Crippen molar-refractivity contribution in [2.24, 2.45) is 0 Å². The summed E-state index contributed by atoms with van der Waals surface area (Å²) >= 11 is 1.44. The van der Waals surface area contributed by atoms with Crippen LogP contribution in [0.1, 0.15) is 46.6 Å². The SMILES string of the molecule is Cc1csc(C(=O)N[C@H]2CC[C@@H](N(C)c3cc(C(F)(F)F)nc4ccccc34)CC2)c1. The average molecular weight is 448 g/mol. The molecule has 1 amide bonds. The fourth-order valence-corrected chi connectivity index (χ4v) is 5.01. The highest BCUT2D eigenvalue weighted by atomic mass is 32.1. The number of anilines is 1. The molecule has 3 aromatic rings. The van der Waals surface area contributed by atoms with Gasteiger partial charge in [-0.3, -0.25) is 4.79 Å². The monoisotopic (exact) mass is 447 g/mol. The molecule has 1 aromatic carbocycles. The quantitative estimate of drug-likeness (QED) is 0.550. The first-order chi connectivity index (χ1) is 14.7. The number of rotatable bonds is 4. The number of nitrogens with one attached hydrogen (secondary N) is 1. The summed E-state index contributed by atoms with van der Waals surface area (Å²) in [6.45, 7) is 1.96. The third-order valence-corrected chi connectivity index (χ3v) is 6.95. The van der Waals surface area contributed by atoms with Crippen LogP contribution in [0, 0.1) is 6.92 Å². The van der Waals surface area contributed by atoms with Crippen molar-refractivity contribution in [3.63, 3.8) is 0 Å². The third kappa shape index (κ3) is 4.69. The Morgan fingerprint density at radius 3 is 2.52 bits per heavy atom. The average Bonchev–Trinajstić information content (AvgIpc) is 3.19. The zero-order valence-corrected chi connectivity index (χ0v) is 18.2. The fourth-order valence-electron chi connectivity index (χ4n) is 4.21. The molecule has 0 unspecified atom stereocenters. The first-order valence-electron chi connectivity index (χ1n) is 10.3. The molecule has 0 bridgehead atoms. The Bertz CT molecular complexity index is 1090. The molecule has 4 rings (SSSR count). The van der Waals surface area contributed by atoms with Gasteiger partial charge < -0.3 is 10.2 Å². The van der Waals surface area contributed by atoms with Gasteiger partial charge in [0.05, 0.1) is 10.4 Å². The van der Waals surface area contributed by atoms with Gasteiger partial charge in [0.15, 0.2) is 0 Å². The Labute approximate surface area is 183 Å². The van der Waals surface area contributed by atoms with Gasteiger partial charge in [0, 0.05) is 30.2 Å². The largest absolute Gasteiger partial charge is 0.433 e. The second-order valence-electron chi connectivity index (χ2n) is 8.12. The smallest absolute Gasteiger partial charge is 0.371 e. The van der Waals surface area contributed by atoms with Gasteiger partial charge in [-0.05, 0) is 61.7 Å². The molecule has 1 aliphatic rings. The van der Waals surface area contributed by atoms with Crippen LogP contribution in [0.25, 0.3) is 10.9 Å². The minimum absolute atomic E-state index is 0.0511. The van der Waals surface area contributed by atoms with Crippen LogP contribution in [0.15, 0.2) is 41.8 Å². The lowest BCUT2D eigenvalue weighted by atomic mass is 9.89. The Morgan fingerprint density at radius 2 is 1.87 bits per heavy atom. The van der Waals surface area contributed by atoms with Crippen molar-refractivity contribution < 1.29 is 18.0 Å². The van der Waals surface area contributed by atoms with Gasteiger partial charge in [-0.15, -0.1) is 11.3 Å². The summed E-state index contributed by atoms with van der Waals surface area (Å²) in [5, 5.41) is 5.76. The molecular formula is C23H24F3N3OS. The normalized spacial score (nSPS) is 19.4. The number of halogens is 3. The van der Waals surface area contributed by atoms with Crippen molar-refractivity contribution in [3.05, 3.63) is 57.9 Å². The number of carbonyl (C=O) groups excluding carboxylic acids is 1. The zero-order chi connectivity index (χ0) is 22.2. The molecule has 4 nitrogen and oxygen atoms in total. The molecule has 1 aliphatic carbocycles. The Balaban J connectivity index is 1.48. The van der Waals surface area contributed by atoms with Crippen molar-refractivity contribution in [1.82, 2.24) is 10.3 Å². The minimum atomic E-state index is -4.50. The predicted molar refractivity (Wildman–Crippen MR) is 118 cm³/mol. The number of hydrogen-bond acceptors (Lipinski definition) is 4. The van der Waals surface area contributed by atoms with Crippen molar-refractivity contribution in [2.75, 3.05) is 11.9 Å². The second-order valence-corrected chi connectivity index (χ2v) is 9.03. The van der Waals surface area contributed by atoms with E-state index in [0.29, 0.717) is 21.5 Å². The van der Waals surface area contributed by atoms with Crippen molar-refractivity contribution in [2.45, 2.75) is 50.9 Å². The number of alkyl halides is 3. The highest BCUT2D eigenvalue weighted by molar-refractivity contribution is 7.12.